The van der Waals surface area contributed by atoms with E-state index in [-0.39, 0.29) is 48.4 Å². The molecule has 0 aromatic heterocycles. The zero-order valence-corrected chi connectivity index (χ0v) is 22.9. The molecule has 2 heterocycles. The molecule has 4 amide bonds. The largest absolute Gasteiger partial charge is 0.507 e. The fraction of sp³-hybridized carbons (Fsp3) is 0.542. The molecule has 2 aliphatic heterocycles. The Labute approximate surface area is 227 Å². The fourth-order valence-electron chi connectivity index (χ4n) is 3.89. The number of hydrogen-bond donors (Lipinski definition) is 3. The van der Waals surface area contributed by atoms with E-state index in [0.29, 0.717) is 11.7 Å². The maximum Gasteiger partial charge on any atom is 0.329 e. The third-order valence-electron chi connectivity index (χ3n) is 5.92. The maximum atomic E-state index is 12.8. The molecular weight excluding hydrogens is 538 g/mol. The van der Waals surface area contributed by atoms with E-state index in [1.165, 1.54) is 25.7 Å². The van der Waals surface area contributed by atoms with E-state index >= 15 is 0 Å². The number of carbonyl (C=O) groups excluding carboxylic acids is 5. The Morgan fingerprint density at radius 3 is 2.76 bits per heavy atom. The molecule has 202 valence electrons. The Bertz CT molecular complexity index is 1000. The number of esters is 1. The number of para-hydroxylation sites is 1. The first-order valence-corrected chi connectivity index (χ1v) is 15.4. The monoisotopic (exact) mass is 569 g/mol. The number of benzene rings is 1. The molecule has 3 unspecified atom stereocenters. The van der Waals surface area contributed by atoms with E-state index in [1.54, 1.807) is 12.1 Å². The zero-order chi connectivity index (χ0) is 26.8. The summed E-state index contributed by atoms with van der Waals surface area (Å²) in [7, 11) is 4.94. The van der Waals surface area contributed by atoms with Crippen LogP contribution in [-0.4, -0.2) is 87.9 Å². The molecule has 10 nitrogen and oxygen atoms in total. The summed E-state index contributed by atoms with van der Waals surface area (Å²) in [5.41, 5.74) is -0.00169. The van der Waals surface area contributed by atoms with Crippen molar-refractivity contribution >= 4 is 62.9 Å². The number of nitrogens with one attached hydrogen (secondary N) is 2. The van der Waals surface area contributed by atoms with Gasteiger partial charge >= 0.3 is 5.97 Å². The van der Waals surface area contributed by atoms with Crippen LogP contribution in [0.1, 0.15) is 42.5 Å². The number of likely N-dealkylation sites (tertiary alicyclic amines) is 1. The molecule has 0 saturated carbocycles. The molecule has 2 fully saturated rings. The van der Waals surface area contributed by atoms with E-state index in [2.05, 4.69) is 10.6 Å². The van der Waals surface area contributed by atoms with Crippen molar-refractivity contribution in [3.63, 3.8) is 0 Å². The lowest BCUT2D eigenvalue weighted by Crippen LogP contribution is -2.44. The van der Waals surface area contributed by atoms with Crippen molar-refractivity contribution in [1.82, 2.24) is 15.5 Å². The quantitative estimate of drug-likeness (QED) is 0.183. The zero-order valence-electron chi connectivity index (χ0n) is 20.5. The number of thioether (sulfide) groups is 1. The molecule has 1 aromatic rings. The van der Waals surface area contributed by atoms with Crippen molar-refractivity contribution in [3.05, 3.63) is 29.8 Å². The Hall–Kier alpha value is -2.38. The van der Waals surface area contributed by atoms with Crippen LogP contribution in [0.5, 0.6) is 5.75 Å². The minimum Gasteiger partial charge on any atom is -0.507 e. The van der Waals surface area contributed by atoms with Gasteiger partial charge in [-0.05, 0) is 31.4 Å². The molecule has 37 heavy (non-hydrogen) atoms. The summed E-state index contributed by atoms with van der Waals surface area (Å²) in [4.78, 5) is 63.1. The predicted octanol–water partition coefficient (Wildman–Crippen LogP) is 1.96. The number of methoxy groups -OCH3 is 1. The second-order valence-electron chi connectivity index (χ2n) is 8.55. The van der Waals surface area contributed by atoms with Gasteiger partial charge in [-0.3, -0.25) is 24.1 Å². The average Bonchev–Trinajstić information content (AvgIpc) is 3.49. The Morgan fingerprint density at radius 1 is 1.27 bits per heavy atom. The molecule has 0 radical (unpaired) electrons. The maximum absolute atomic E-state index is 12.8. The molecule has 3 atom stereocenters. The van der Waals surface area contributed by atoms with Gasteiger partial charge in [-0.25, -0.2) is 4.79 Å². The highest BCUT2D eigenvalue weighted by Gasteiger charge is 2.39. The highest BCUT2D eigenvalue weighted by molar-refractivity contribution is 8.77. The number of carbonyl (C=O) groups is 5. The van der Waals surface area contributed by atoms with Crippen molar-refractivity contribution in [2.45, 2.75) is 48.6 Å². The molecule has 3 N–H and O–H groups in total. The molecule has 0 spiro atoms. The van der Waals surface area contributed by atoms with Gasteiger partial charge in [0, 0.05) is 42.7 Å². The van der Waals surface area contributed by atoms with E-state index in [0.717, 1.165) is 35.3 Å². The first kappa shape index (κ1) is 29.2. The topological polar surface area (TPSA) is 142 Å². The molecule has 3 rings (SSSR count). The van der Waals surface area contributed by atoms with Crippen LogP contribution in [0, 0.1) is 0 Å². The number of phenols is 1. The standard InChI is InChI=1S/C24H31N3O7S3/c1-34-24(33)17(26-22(31)16-6-2-3-7-18(16)28)14-35-19-13-21(30)27(23(19)32)11-10-25-20(29)8-4-5-15-9-12-36-37-15/h2-3,6-7,15,17,19,28H,4-5,8-14H2,1H3,(H,25,29)(H,26,31). The normalized spacial score (nSPS) is 20.1. The highest BCUT2D eigenvalue weighted by atomic mass is 33.1. The summed E-state index contributed by atoms with van der Waals surface area (Å²) < 4.78 is 4.76. The number of rotatable bonds is 13. The number of ether oxygens (including phenoxy) is 1. The second kappa shape index (κ2) is 14.5. The van der Waals surface area contributed by atoms with Gasteiger partial charge in [-0.15, -0.1) is 11.8 Å². The summed E-state index contributed by atoms with van der Waals surface area (Å²) in [6.45, 7) is 0.267. The van der Waals surface area contributed by atoms with Gasteiger partial charge in [0.25, 0.3) is 5.91 Å². The van der Waals surface area contributed by atoms with Crippen molar-refractivity contribution in [2.75, 3.05) is 31.7 Å². The summed E-state index contributed by atoms with van der Waals surface area (Å²) in [6, 6.07) is 4.82. The second-order valence-corrected chi connectivity index (χ2v) is 12.6. The number of nitrogens with zero attached hydrogens (tertiary/aromatic N) is 1. The Kier molecular flexibility index (Phi) is 11.5. The van der Waals surface area contributed by atoms with Crippen LogP contribution in [0.2, 0.25) is 0 Å². The van der Waals surface area contributed by atoms with Crippen LogP contribution in [0.25, 0.3) is 0 Å². The number of hydrogen-bond acceptors (Lipinski definition) is 10. The average molecular weight is 570 g/mol. The van der Waals surface area contributed by atoms with Crippen molar-refractivity contribution < 1.29 is 33.8 Å². The van der Waals surface area contributed by atoms with E-state index in [9.17, 15) is 29.1 Å². The molecular formula is C24H31N3O7S3. The van der Waals surface area contributed by atoms with Gasteiger partial charge in [0.1, 0.15) is 11.8 Å². The lowest BCUT2D eigenvalue weighted by Gasteiger charge is -2.18. The van der Waals surface area contributed by atoms with E-state index in [1.807, 2.05) is 21.6 Å². The van der Waals surface area contributed by atoms with Gasteiger partial charge in [0.2, 0.25) is 17.7 Å². The summed E-state index contributed by atoms with van der Waals surface area (Å²) in [5.74, 6) is -1.29. The molecule has 1 aromatic carbocycles. The van der Waals surface area contributed by atoms with Crippen LogP contribution in [0.4, 0.5) is 0 Å². The molecule has 13 heteroatoms. The van der Waals surface area contributed by atoms with Crippen LogP contribution < -0.4 is 10.6 Å². The number of phenolic OH excluding ortho intramolecular Hbond substituents is 1. The minimum atomic E-state index is -1.08. The lowest BCUT2D eigenvalue weighted by atomic mass is 10.1. The van der Waals surface area contributed by atoms with Gasteiger partial charge in [0.15, 0.2) is 0 Å². The lowest BCUT2D eigenvalue weighted by molar-refractivity contribution is -0.142. The highest BCUT2D eigenvalue weighted by Crippen LogP contribution is 2.39. The van der Waals surface area contributed by atoms with Crippen LogP contribution in [0.3, 0.4) is 0 Å². The minimum absolute atomic E-state index is 0.00169. The predicted molar refractivity (Wildman–Crippen MR) is 144 cm³/mol. The van der Waals surface area contributed by atoms with Crippen molar-refractivity contribution in [3.8, 4) is 5.75 Å². The molecule has 2 saturated heterocycles. The van der Waals surface area contributed by atoms with Crippen molar-refractivity contribution in [1.29, 1.82) is 0 Å². The third kappa shape index (κ3) is 8.57. The van der Waals surface area contributed by atoms with Crippen LogP contribution in [0.15, 0.2) is 24.3 Å². The first-order chi connectivity index (χ1) is 17.8. The van der Waals surface area contributed by atoms with E-state index in [4.69, 9.17) is 4.74 Å². The first-order valence-electron chi connectivity index (χ1n) is 12.0. The van der Waals surface area contributed by atoms with Gasteiger partial charge < -0.3 is 20.5 Å². The van der Waals surface area contributed by atoms with Crippen LogP contribution in [-0.2, 0) is 23.9 Å². The van der Waals surface area contributed by atoms with Crippen molar-refractivity contribution in [2.24, 2.45) is 0 Å². The third-order valence-corrected chi connectivity index (χ3v) is 10.2. The van der Waals surface area contributed by atoms with Gasteiger partial charge in [-0.1, -0.05) is 33.7 Å². The smallest absolute Gasteiger partial charge is 0.329 e. The Morgan fingerprint density at radius 2 is 2.05 bits per heavy atom. The molecule has 0 aliphatic carbocycles. The van der Waals surface area contributed by atoms with Gasteiger partial charge in [-0.2, -0.15) is 0 Å². The van der Waals surface area contributed by atoms with E-state index < -0.39 is 29.1 Å². The Balaban J connectivity index is 1.43. The SMILES string of the molecule is COC(=O)C(CSC1CC(=O)N(CCNC(=O)CCCC2CCSS2)C1=O)NC(=O)c1ccccc1O. The number of imide groups is 1. The fourth-order valence-corrected chi connectivity index (χ4v) is 8.10. The molecule has 2 aliphatic rings. The summed E-state index contributed by atoms with van der Waals surface area (Å²) in [5, 5.41) is 15.1. The van der Waals surface area contributed by atoms with Gasteiger partial charge in [0.05, 0.1) is 17.9 Å². The number of amides is 4. The summed E-state index contributed by atoms with van der Waals surface area (Å²) in [6.07, 6.45) is 3.39. The summed E-state index contributed by atoms with van der Waals surface area (Å²) >= 11 is 1.07. The number of aromatic hydroxyl groups is 1. The van der Waals surface area contributed by atoms with Crippen LogP contribution >= 0.6 is 33.3 Å². The molecule has 0 bridgehead atoms.